The molecule has 44 heavy (non-hydrogen) atoms. The molecule has 6 heteroatoms. The van der Waals surface area contributed by atoms with Crippen molar-refractivity contribution in [3.63, 3.8) is 0 Å². The molecule has 2 unspecified atom stereocenters. The topological polar surface area (TPSA) is 86.5 Å². The Balaban J connectivity index is 1.41. The van der Waals surface area contributed by atoms with E-state index in [1.807, 2.05) is 12.1 Å². The van der Waals surface area contributed by atoms with Crippen LogP contribution in [0.25, 0.3) is 6.08 Å². The quantitative estimate of drug-likeness (QED) is 0.113. The molecule has 0 amide bonds. The molecule has 9 atom stereocenters. The molecule has 5 fully saturated rings. The van der Waals surface area contributed by atoms with Crippen molar-refractivity contribution in [2.75, 3.05) is 7.11 Å². The van der Waals surface area contributed by atoms with Gasteiger partial charge in [0.2, 0.25) is 0 Å². The molecule has 1 aromatic carbocycles. The number of fused-ring (bicyclic) bond motifs is 7. The van der Waals surface area contributed by atoms with E-state index in [2.05, 4.69) is 48.1 Å². The van der Waals surface area contributed by atoms with Gasteiger partial charge in [-0.05, 0) is 128 Å². The van der Waals surface area contributed by atoms with Crippen LogP contribution in [0.3, 0.4) is 0 Å². The molecular formula is C38H51NO5. The number of non-ortho nitro benzene ring substituents is 1. The van der Waals surface area contributed by atoms with E-state index in [1.165, 1.54) is 11.6 Å². The number of ketones is 1. The number of benzene rings is 1. The third-order valence-corrected chi connectivity index (χ3v) is 14.7. The SMILES string of the molecule is C=C(C)[C@@H]1CC[C@]2(C(=O)OC)CC[C@]3(C)[C@H](CC[C@@H]4[C@@]5(C)C/C(=C/c6cccc([N+](=O)[O-])c6)C(=O)C(C)(C)C5CC[C@]43C)C12. The molecule has 0 bridgehead atoms. The third-order valence-electron chi connectivity index (χ3n) is 14.7. The van der Waals surface area contributed by atoms with Gasteiger partial charge in [0.15, 0.2) is 5.78 Å². The molecule has 0 spiro atoms. The minimum atomic E-state index is -0.512. The summed E-state index contributed by atoms with van der Waals surface area (Å²) in [6.07, 6.45) is 10.8. The number of Topliss-reactive ketones (excluding diaryl/α,β-unsaturated/α-hetero) is 1. The van der Waals surface area contributed by atoms with Gasteiger partial charge in [0.1, 0.15) is 0 Å². The Bertz CT molecular complexity index is 1460. The predicted molar refractivity (Wildman–Crippen MR) is 172 cm³/mol. The second kappa shape index (κ2) is 10.1. The number of ether oxygens (including phenoxy) is 1. The molecule has 5 aliphatic carbocycles. The fourth-order valence-electron chi connectivity index (χ4n) is 12.6. The maximum Gasteiger partial charge on any atom is 0.312 e. The number of nitrogens with zero attached hydrogens (tertiary/aromatic N) is 1. The Morgan fingerprint density at radius 1 is 1.00 bits per heavy atom. The monoisotopic (exact) mass is 601 g/mol. The molecule has 1 aromatic rings. The molecule has 5 saturated carbocycles. The van der Waals surface area contributed by atoms with Crippen LogP contribution in [0.4, 0.5) is 5.69 Å². The average Bonchev–Trinajstić information content (AvgIpc) is 3.37. The number of nitro groups is 1. The van der Waals surface area contributed by atoms with Gasteiger partial charge in [-0.25, -0.2) is 0 Å². The molecule has 6 nitrogen and oxygen atoms in total. The lowest BCUT2D eigenvalue weighted by Crippen LogP contribution is -2.67. The minimum absolute atomic E-state index is 0.0142. The Morgan fingerprint density at radius 3 is 2.39 bits per heavy atom. The summed E-state index contributed by atoms with van der Waals surface area (Å²) in [4.78, 5) is 38.7. The van der Waals surface area contributed by atoms with Crippen molar-refractivity contribution >= 4 is 23.5 Å². The van der Waals surface area contributed by atoms with Crippen molar-refractivity contribution in [3.8, 4) is 0 Å². The lowest BCUT2D eigenvalue weighted by molar-refractivity contribution is -0.384. The van der Waals surface area contributed by atoms with Gasteiger partial charge in [-0.3, -0.25) is 19.7 Å². The molecule has 0 aromatic heterocycles. The second-order valence-electron chi connectivity index (χ2n) is 16.6. The Hall–Kier alpha value is -2.76. The number of carbonyl (C=O) groups is 2. The summed E-state index contributed by atoms with van der Waals surface area (Å²) < 4.78 is 5.52. The first-order valence-electron chi connectivity index (χ1n) is 16.8. The summed E-state index contributed by atoms with van der Waals surface area (Å²) in [6, 6.07) is 6.64. The van der Waals surface area contributed by atoms with E-state index in [0.29, 0.717) is 29.7 Å². The van der Waals surface area contributed by atoms with Crippen molar-refractivity contribution in [1.82, 2.24) is 0 Å². The van der Waals surface area contributed by atoms with Gasteiger partial charge in [-0.15, -0.1) is 0 Å². The lowest BCUT2D eigenvalue weighted by atomic mass is 9.32. The smallest absolute Gasteiger partial charge is 0.312 e. The Morgan fingerprint density at radius 2 is 1.73 bits per heavy atom. The van der Waals surface area contributed by atoms with Crippen LogP contribution in [-0.4, -0.2) is 23.8 Å². The fraction of sp³-hybridized carbons (Fsp3) is 0.684. The summed E-state index contributed by atoms with van der Waals surface area (Å²) >= 11 is 0. The van der Waals surface area contributed by atoms with Gasteiger partial charge >= 0.3 is 5.97 Å². The van der Waals surface area contributed by atoms with Crippen LogP contribution in [0.15, 0.2) is 42.0 Å². The molecule has 0 aliphatic heterocycles. The van der Waals surface area contributed by atoms with Crippen LogP contribution in [0.2, 0.25) is 0 Å². The van der Waals surface area contributed by atoms with Crippen LogP contribution in [0.5, 0.6) is 0 Å². The van der Waals surface area contributed by atoms with E-state index in [9.17, 15) is 19.7 Å². The minimum Gasteiger partial charge on any atom is -0.469 e. The maximum absolute atomic E-state index is 14.1. The van der Waals surface area contributed by atoms with Gasteiger partial charge in [0, 0.05) is 17.5 Å². The van der Waals surface area contributed by atoms with E-state index in [1.54, 1.807) is 19.2 Å². The summed E-state index contributed by atoms with van der Waals surface area (Å²) in [5.74, 6) is 1.93. The van der Waals surface area contributed by atoms with Crippen molar-refractivity contribution in [3.05, 3.63) is 57.7 Å². The number of hydrogen-bond acceptors (Lipinski definition) is 5. The summed E-state index contributed by atoms with van der Waals surface area (Å²) in [5, 5.41) is 11.5. The first-order chi connectivity index (χ1) is 20.6. The first-order valence-corrected chi connectivity index (χ1v) is 16.8. The Kier molecular flexibility index (Phi) is 7.18. The Labute approximate surface area is 263 Å². The highest BCUT2D eigenvalue weighted by Gasteiger charge is 2.72. The van der Waals surface area contributed by atoms with Gasteiger partial charge < -0.3 is 4.74 Å². The highest BCUT2D eigenvalue weighted by Crippen LogP contribution is 2.77. The highest BCUT2D eigenvalue weighted by atomic mass is 16.6. The molecular weight excluding hydrogens is 550 g/mol. The number of allylic oxidation sites excluding steroid dienone is 2. The molecule has 0 saturated heterocycles. The molecule has 5 aliphatic rings. The number of esters is 1. The van der Waals surface area contributed by atoms with Gasteiger partial charge in [0.25, 0.3) is 5.69 Å². The van der Waals surface area contributed by atoms with Gasteiger partial charge in [-0.1, -0.05) is 58.9 Å². The van der Waals surface area contributed by atoms with E-state index in [4.69, 9.17) is 4.74 Å². The van der Waals surface area contributed by atoms with E-state index in [-0.39, 0.29) is 50.4 Å². The number of carbonyl (C=O) groups excluding carboxylic acids is 2. The van der Waals surface area contributed by atoms with Crippen LogP contribution in [0.1, 0.15) is 105 Å². The van der Waals surface area contributed by atoms with Crippen molar-refractivity contribution in [1.29, 1.82) is 0 Å². The maximum atomic E-state index is 14.1. The number of rotatable bonds is 4. The first kappa shape index (κ1) is 31.2. The lowest BCUT2D eigenvalue weighted by Gasteiger charge is -2.72. The zero-order valence-electron chi connectivity index (χ0n) is 27.8. The number of hydrogen-bond donors (Lipinski definition) is 0. The van der Waals surface area contributed by atoms with Crippen molar-refractivity contribution in [2.45, 2.75) is 99.3 Å². The molecule has 238 valence electrons. The predicted octanol–water partition coefficient (Wildman–Crippen LogP) is 8.99. The van der Waals surface area contributed by atoms with Gasteiger partial charge in [0.05, 0.1) is 17.4 Å². The molecule has 0 heterocycles. The van der Waals surface area contributed by atoms with E-state index >= 15 is 0 Å². The number of nitro benzene ring substituents is 1. The fourth-order valence-corrected chi connectivity index (χ4v) is 12.6. The zero-order chi connectivity index (χ0) is 32.0. The second-order valence-corrected chi connectivity index (χ2v) is 16.6. The average molecular weight is 602 g/mol. The zero-order valence-corrected chi connectivity index (χ0v) is 27.8. The summed E-state index contributed by atoms with van der Waals surface area (Å²) in [5.41, 5.74) is 1.91. The van der Waals surface area contributed by atoms with Crippen LogP contribution < -0.4 is 0 Å². The largest absolute Gasteiger partial charge is 0.469 e. The summed E-state index contributed by atoms with van der Waals surface area (Å²) in [7, 11) is 1.56. The normalized spacial score (nSPS) is 43.3. The standard InChI is InChI=1S/C38H51NO5/c1-23(2)27-14-17-38(33(41)44-8)19-18-36(6)28(31(27)38)12-13-30-35(5)22-25(20-24-10-9-11-26(21-24)39(42)43)32(40)34(3,4)29(35)15-16-37(30,36)7/h9-11,20-21,27-31H,1,12-19,22H2,2-8H3/b25-20-/t27-,28+,29?,30+,31?,35-,36+,37+,38-/m0/s1. The molecule has 6 rings (SSSR count). The highest BCUT2D eigenvalue weighted by molar-refractivity contribution is 6.04. The van der Waals surface area contributed by atoms with E-state index < -0.39 is 10.8 Å². The van der Waals surface area contributed by atoms with Crippen molar-refractivity contribution in [2.24, 2.45) is 56.7 Å². The van der Waals surface area contributed by atoms with Crippen LogP contribution in [0, 0.1) is 66.8 Å². The van der Waals surface area contributed by atoms with Crippen LogP contribution in [-0.2, 0) is 14.3 Å². The molecule has 0 N–H and O–H groups in total. The summed E-state index contributed by atoms with van der Waals surface area (Å²) in [6.45, 7) is 18.4. The molecule has 0 radical (unpaired) electrons. The van der Waals surface area contributed by atoms with Crippen LogP contribution >= 0.6 is 0 Å². The number of methoxy groups -OCH3 is 1. The third kappa shape index (κ3) is 4.04. The van der Waals surface area contributed by atoms with Crippen molar-refractivity contribution < 1.29 is 19.2 Å². The van der Waals surface area contributed by atoms with Gasteiger partial charge in [-0.2, -0.15) is 0 Å². The van der Waals surface area contributed by atoms with E-state index in [0.717, 1.165) is 56.9 Å².